The van der Waals surface area contributed by atoms with Crippen LogP contribution in [0, 0.1) is 0 Å². The van der Waals surface area contributed by atoms with Crippen molar-refractivity contribution in [1.82, 2.24) is 21.1 Å². The van der Waals surface area contributed by atoms with Gasteiger partial charge >= 0.3 is 6.03 Å². The molecule has 2 aromatic carbocycles. The number of hydrazine groups is 1. The number of nitrogens with zero attached hydrogens (tertiary/aromatic N) is 1. The van der Waals surface area contributed by atoms with Gasteiger partial charge < -0.3 is 14.8 Å². The van der Waals surface area contributed by atoms with E-state index in [-0.39, 0.29) is 12.4 Å². The molecular weight excluding hydrogens is 404 g/mol. The minimum Gasteiger partial charge on any atom is -0.454 e. The lowest BCUT2D eigenvalue weighted by atomic mass is 9.92. The second kappa shape index (κ2) is 7.01. The molecule has 31 heavy (non-hydrogen) atoms. The standard InChI is InChI=1S/C21H18N4O6/c26-17(23-24-18(27)13-5-6-15-16(9-13)31-11-30-15)10-25-19(28)21(22-20(25)29)8-7-12-3-1-2-4-14(12)21/h1-6,9H,7-8,10-11H2,(H,22,29)(H,23,26)(H,24,27). The summed E-state index contributed by atoms with van der Waals surface area (Å²) in [5.41, 5.74) is 5.37. The summed E-state index contributed by atoms with van der Waals surface area (Å²) in [7, 11) is 0. The van der Waals surface area contributed by atoms with E-state index in [0.717, 1.165) is 16.0 Å². The van der Waals surface area contributed by atoms with Gasteiger partial charge in [-0.2, -0.15) is 0 Å². The number of ether oxygens (including phenoxy) is 2. The van der Waals surface area contributed by atoms with Crippen LogP contribution in [0.1, 0.15) is 27.9 Å². The van der Waals surface area contributed by atoms with E-state index in [4.69, 9.17) is 9.47 Å². The molecule has 0 saturated carbocycles. The number of urea groups is 1. The largest absolute Gasteiger partial charge is 0.454 e. The second-order valence-electron chi connectivity index (χ2n) is 7.45. The summed E-state index contributed by atoms with van der Waals surface area (Å²) < 4.78 is 10.4. The van der Waals surface area contributed by atoms with Crippen molar-refractivity contribution in [3.8, 4) is 11.5 Å². The van der Waals surface area contributed by atoms with Crippen molar-refractivity contribution in [2.75, 3.05) is 13.3 Å². The number of hydrogen-bond donors (Lipinski definition) is 3. The first-order valence-corrected chi connectivity index (χ1v) is 9.69. The van der Waals surface area contributed by atoms with Crippen LogP contribution in [0.25, 0.3) is 0 Å². The molecule has 2 heterocycles. The number of hydrogen-bond acceptors (Lipinski definition) is 6. The van der Waals surface area contributed by atoms with Crippen LogP contribution in [0.3, 0.4) is 0 Å². The fraction of sp³-hybridized carbons (Fsp3) is 0.238. The van der Waals surface area contributed by atoms with Crippen LogP contribution in [0.5, 0.6) is 11.5 Å². The van der Waals surface area contributed by atoms with Crippen molar-refractivity contribution in [2.24, 2.45) is 0 Å². The Morgan fingerprint density at radius 3 is 2.74 bits per heavy atom. The third-order valence-electron chi connectivity index (χ3n) is 5.67. The van der Waals surface area contributed by atoms with Gasteiger partial charge in [-0.3, -0.25) is 30.1 Å². The maximum atomic E-state index is 13.1. The van der Waals surface area contributed by atoms with Crippen molar-refractivity contribution < 1.29 is 28.7 Å². The first-order chi connectivity index (χ1) is 15.0. The molecule has 158 valence electrons. The van der Waals surface area contributed by atoms with Gasteiger partial charge in [0.15, 0.2) is 11.5 Å². The normalized spacial score (nSPS) is 20.6. The summed E-state index contributed by atoms with van der Waals surface area (Å²) >= 11 is 0. The number of imide groups is 1. The Morgan fingerprint density at radius 1 is 1.06 bits per heavy atom. The van der Waals surface area contributed by atoms with Gasteiger partial charge in [-0.1, -0.05) is 24.3 Å². The molecule has 5 rings (SSSR count). The monoisotopic (exact) mass is 422 g/mol. The zero-order chi connectivity index (χ0) is 21.6. The van der Waals surface area contributed by atoms with Gasteiger partial charge in [0.05, 0.1) is 0 Å². The van der Waals surface area contributed by atoms with Gasteiger partial charge in [0.1, 0.15) is 12.1 Å². The number of aryl methyl sites for hydroxylation is 1. The van der Waals surface area contributed by atoms with E-state index in [0.29, 0.717) is 24.3 Å². The Hall–Kier alpha value is -4.08. The Morgan fingerprint density at radius 2 is 1.87 bits per heavy atom. The van der Waals surface area contributed by atoms with Crippen LogP contribution in [0.4, 0.5) is 4.79 Å². The van der Waals surface area contributed by atoms with E-state index in [1.165, 1.54) is 12.1 Å². The first kappa shape index (κ1) is 18.9. The van der Waals surface area contributed by atoms with Gasteiger partial charge in [-0.05, 0) is 42.2 Å². The predicted molar refractivity (Wildman–Crippen MR) is 105 cm³/mol. The number of nitrogens with one attached hydrogen (secondary N) is 3. The summed E-state index contributed by atoms with van der Waals surface area (Å²) in [6, 6.07) is 11.4. The number of carbonyl (C=O) groups is 4. The molecular formula is C21H18N4O6. The van der Waals surface area contributed by atoms with Gasteiger partial charge in [0, 0.05) is 5.56 Å². The molecule has 1 spiro atoms. The van der Waals surface area contributed by atoms with E-state index in [2.05, 4.69) is 16.2 Å². The van der Waals surface area contributed by atoms with Crippen LogP contribution < -0.4 is 25.6 Å². The number of amides is 5. The maximum absolute atomic E-state index is 13.1. The average Bonchev–Trinajstić information content (AvgIpc) is 3.45. The summed E-state index contributed by atoms with van der Waals surface area (Å²) in [5.74, 6) is -0.798. The molecule has 1 saturated heterocycles. The number of rotatable bonds is 3. The molecule has 1 fully saturated rings. The lowest BCUT2D eigenvalue weighted by molar-refractivity contribution is -0.135. The van der Waals surface area contributed by atoms with E-state index in [1.54, 1.807) is 6.07 Å². The molecule has 3 N–H and O–H groups in total. The Bertz CT molecular complexity index is 1130. The highest BCUT2D eigenvalue weighted by molar-refractivity contribution is 6.10. The van der Waals surface area contributed by atoms with Crippen molar-refractivity contribution in [2.45, 2.75) is 18.4 Å². The van der Waals surface area contributed by atoms with Crippen LogP contribution in [0.15, 0.2) is 42.5 Å². The Kier molecular flexibility index (Phi) is 4.28. The van der Waals surface area contributed by atoms with E-state index >= 15 is 0 Å². The number of carbonyl (C=O) groups excluding carboxylic acids is 4. The fourth-order valence-corrected chi connectivity index (χ4v) is 4.15. The van der Waals surface area contributed by atoms with Crippen molar-refractivity contribution in [3.05, 3.63) is 59.2 Å². The molecule has 0 bridgehead atoms. The fourth-order valence-electron chi connectivity index (χ4n) is 4.15. The lowest BCUT2D eigenvalue weighted by Crippen LogP contribution is -2.48. The van der Waals surface area contributed by atoms with Crippen molar-refractivity contribution in [3.63, 3.8) is 0 Å². The average molecular weight is 422 g/mol. The lowest BCUT2D eigenvalue weighted by Gasteiger charge is -2.22. The van der Waals surface area contributed by atoms with Gasteiger partial charge in [-0.15, -0.1) is 0 Å². The Labute approximate surface area is 176 Å². The highest BCUT2D eigenvalue weighted by atomic mass is 16.7. The van der Waals surface area contributed by atoms with Crippen LogP contribution in [0.2, 0.25) is 0 Å². The van der Waals surface area contributed by atoms with E-state index < -0.39 is 35.8 Å². The zero-order valence-electron chi connectivity index (χ0n) is 16.3. The quantitative estimate of drug-likeness (QED) is 0.491. The molecule has 1 aliphatic carbocycles. The van der Waals surface area contributed by atoms with Crippen LogP contribution in [-0.4, -0.2) is 42.0 Å². The molecule has 5 amide bonds. The number of fused-ring (bicyclic) bond motifs is 3. The third kappa shape index (κ3) is 3.03. The van der Waals surface area contributed by atoms with Gasteiger partial charge in [-0.25, -0.2) is 4.79 Å². The minimum atomic E-state index is -1.14. The predicted octanol–water partition coefficient (Wildman–Crippen LogP) is 0.570. The van der Waals surface area contributed by atoms with Gasteiger partial charge in [0.25, 0.3) is 17.7 Å². The minimum absolute atomic E-state index is 0.0784. The maximum Gasteiger partial charge on any atom is 0.325 e. The van der Waals surface area contributed by atoms with Crippen molar-refractivity contribution >= 4 is 23.8 Å². The molecule has 1 atom stereocenters. The summed E-state index contributed by atoms with van der Waals surface area (Å²) in [6.07, 6.45) is 1.10. The second-order valence-corrected chi connectivity index (χ2v) is 7.45. The Balaban J connectivity index is 1.22. The summed E-state index contributed by atoms with van der Waals surface area (Å²) in [4.78, 5) is 51.0. The van der Waals surface area contributed by atoms with Crippen molar-refractivity contribution in [1.29, 1.82) is 0 Å². The molecule has 0 radical (unpaired) electrons. The molecule has 10 heteroatoms. The SMILES string of the molecule is O=C(CN1C(=O)NC2(CCc3ccccc32)C1=O)NNC(=O)c1ccc2c(c1)OCO2. The van der Waals surface area contributed by atoms with Crippen LogP contribution in [-0.2, 0) is 21.5 Å². The highest BCUT2D eigenvalue weighted by Gasteiger charge is 2.55. The molecule has 3 aliphatic rings. The molecule has 2 aliphatic heterocycles. The molecule has 0 aromatic heterocycles. The molecule has 1 unspecified atom stereocenters. The molecule has 2 aromatic rings. The van der Waals surface area contributed by atoms with Gasteiger partial charge in [0.2, 0.25) is 6.79 Å². The summed E-state index contributed by atoms with van der Waals surface area (Å²) in [6.45, 7) is -0.439. The summed E-state index contributed by atoms with van der Waals surface area (Å²) in [5, 5.41) is 2.75. The van der Waals surface area contributed by atoms with E-state index in [9.17, 15) is 19.2 Å². The number of benzene rings is 2. The highest BCUT2D eigenvalue weighted by Crippen LogP contribution is 2.41. The third-order valence-corrected chi connectivity index (χ3v) is 5.67. The smallest absolute Gasteiger partial charge is 0.325 e. The first-order valence-electron chi connectivity index (χ1n) is 9.69. The molecule has 10 nitrogen and oxygen atoms in total. The van der Waals surface area contributed by atoms with E-state index in [1.807, 2.05) is 24.3 Å². The van der Waals surface area contributed by atoms with Crippen LogP contribution >= 0.6 is 0 Å². The zero-order valence-corrected chi connectivity index (χ0v) is 16.3. The topological polar surface area (TPSA) is 126 Å².